The molecule has 1 unspecified atom stereocenters. The Kier molecular flexibility index (Phi) is 4.61. The molecule has 0 aromatic heterocycles. The molecule has 2 N–H and O–H groups in total. The van der Waals surface area contributed by atoms with Crippen molar-refractivity contribution in [1.29, 1.82) is 0 Å². The normalized spacial score (nSPS) is 20.2. The van der Waals surface area contributed by atoms with Crippen molar-refractivity contribution in [2.45, 2.75) is 32.8 Å². The van der Waals surface area contributed by atoms with Crippen molar-refractivity contribution in [3.63, 3.8) is 0 Å². The monoisotopic (exact) mass is 249 g/mol. The van der Waals surface area contributed by atoms with Crippen LogP contribution in [0.5, 0.6) is 0 Å². The molecule has 1 atom stereocenters. The zero-order valence-electron chi connectivity index (χ0n) is 11.1. The van der Waals surface area contributed by atoms with Crippen molar-refractivity contribution in [1.82, 2.24) is 0 Å². The quantitative estimate of drug-likeness (QED) is 0.858. The second-order valence-electron chi connectivity index (χ2n) is 5.24. The van der Waals surface area contributed by atoms with Crippen LogP contribution in [0.3, 0.4) is 0 Å². The van der Waals surface area contributed by atoms with Gasteiger partial charge in [0.25, 0.3) is 0 Å². The van der Waals surface area contributed by atoms with Gasteiger partial charge in [-0.25, -0.2) is 0 Å². The lowest BCUT2D eigenvalue weighted by molar-refractivity contribution is 0.244. The first-order valence-corrected chi connectivity index (χ1v) is 6.80. The number of nitrogens with zero attached hydrogens (tertiary/aromatic N) is 1. The van der Waals surface area contributed by atoms with Crippen LogP contribution in [-0.2, 0) is 6.61 Å². The molecule has 0 saturated carbocycles. The molecule has 0 spiro atoms. The average Bonchev–Trinajstić information content (AvgIpc) is 2.39. The van der Waals surface area contributed by atoms with Gasteiger partial charge in [0.2, 0.25) is 0 Å². The van der Waals surface area contributed by atoms with Crippen LogP contribution in [0.4, 0.5) is 5.69 Å². The summed E-state index contributed by atoms with van der Waals surface area (Å²) in [5.41, 5.74) is 3.40. The van der Waals surface area contributed by atoms with Crippen LogP contribution in [0.25, 0.3) is 0 Å². The Labute approximate surface area is 109 Å². The van der Waals surface area contributed by atoms with Crippen LogP contribution < -0.4 is 4.90 Å². The summed E-state index contributed by atoms with van der Waals surface area (Å²) in [5, 5.41) is 18.2. The number of benzene rings is 1. The highest BCUT2D eigenvalue weighted by Crippen LogP contribution is 2.26. The van der Waals surface area contributed by atoms with E-state index in [0.717, 1.165) is 30.6 Å². The number of hydrogen-bond acceptors (Lipinski definition) is 3. The van der Waals surface area contributed by atoms with Gasteiger partial charge in [0.1, 0.15) is 0 Å². The van der Waals surface area contributed by atoms with E-state index in [4.69, 9.17) is 5.11 Å². The molecule has 0 aliphatic carbocycles. The van der Waals surface area contributed by atoms with Gasteiger partial charge in [-0.1, -0.05) is 6.07 Å². The summed E-state index contributed by atoms with van der Waals surface area (Å²) >= 11 is 0. The number of aliphatic hydroxyl groups excluding tert-OH is 2. The molecule has 2 rings (SSSR count). The summed E-state index contributed by atoms with van der Waals surface area (Å²) in [7, 11) is 0. The Morgan fingerprint density at radius 1 is 1.33 bits per heavy atom. The van der Waals surface area contributed by atoms with Gasteiger partial charge >= 0.3 is 0 Å². The van der Waals surface area contributed by atoms with E-state index < -0.39 is 0 Å². The molecule has 18 heavy (non-hydrogen) atoms. The number of aryl methyl sites for hydroxylation is 1. The van der Waals surface area contributed by atoms with Gasteiger partial charge in [-0.15, -0.1) is 0 Å². The largest absolute Gasteiger partial charge is 0.396 e. The second kappa shape index (κ2) is 6.21. The molecule has 3 nitrogen and oxygen atoms in total. The van der Waals surface area contributed by atoms with Crippen LogP contribution in [0.15, 0.2) is 18.2 Å². The molecule has 1 saturated heterocycles. The number of anilines is 1. The highest BCUT2D eigenvalue weighted by molar-refractivity contribution is 5.51. The maximum atomic E-state index is 9.19. The van der Waals surface area contributed by atoms with E-state index in [-0.39, 0.29) is 6.61 Å². The highest BCUT2D eigenvalue weighted by atomic mass is 16.3. The van der Waals surface area contributed by atoms with E-state index >= 15 is 0 Å². The van der Waals surface area contributed by atoms with Crippen molar-refractivity contribution in [2.24, 2.45) is 5.92 Å². The Balaban J connectivity index is 2.08. The first-order chi connectivity index (χ1) is 8.74. The van der Waals surface area contributed by atoms with Crippen LogP contribution in [0.2, 0.25) is 0 Å². The summed E-state index contributed by atoms with van der Waals surface area (Å²) in [4.78, 5) is 2.40. The van der Waals surface area contributed by atoms with Gasteiger partial charge in [-0.2, -0.15) is 0 Å². The van der Waals surface area contributed by atoms with Crippen molar-refractivity contribution < 1.29 is 10.2 Å². The Morgan fingerprint density at radius 3 is 2.83 bits per heavy atom. The fourth-order valence-corrected chi connectivity index (χ4v) is 2.77. The van der Waals surface area contributed by atoms with Crippen molar-refractivity contribution >= 4 is 5.69 Å². The van der Waals surface area contributed by atoms with Crippen LogP contribution in [-0.4, -0.2) is 29.9 Å². The molecule has 1 aliphatic heterocycles. The summed E-state index contributed by atoms with van der Waals surface area (Å²) in [6.07, 6.45) is 3.33. The van der Waals surface area contributed by atoms with Crippen molar-refractivity contribution in [2.75, 3.05) is 24.6 Å². The summed E-state index contributed by atoms with van der Waals surface area (Å²) in [5.74, 6) is 0.613. The Bertz CT molecular complexity index is 390. The number of rotatable bonds is 4. The molecule has 3 heteroatoms. The zero-order chi connectivity index (χ0) is 13.0. The van der Waals surface area contributed by atoms with E-state index in [1.54, 1.807) is 0 Å². The lowest BCUT2D eigenvalue weighted by Crippen LogP contribution is -2.35. The maximum Gasteiger partial charge on any atom is 0.0684 e. The SMILES string of the molecule is Cc1cc(N2CCCC(CCO)C2)ccc1CO. The Morgan fingerprint density at radius 2 is 2.17 bits per heavy atom. The minimum absolute atomic E-state index is 0.110. The van der Waals surface area contributed by atoms with Gasteiger partial charge in [0.15, 0.2) is 0 Å². The molecule has 0 bridgehead atoms. The standard InChI is InChI=1S/C15H23NO2/c1-12-9-15(5-4-14(12)11-18)16-7-2-3-13(10-16)6-8-17/h4-5,9,13,17-18H,2-3,6-8,10-11H2,1H3. The van der Waals surface area contributed by atoms with Crippen molar-refractivity contribution in [3.05, 3.63) is 29.3 Å². The molecule has 1 fully saturated rings. The van der Waals surface area contributed by atoms with Crippen molar-refractivity contribution in [3.8, 4) is 0 Å². The van der Waals surface area contributed by atoms with Gasteiger partial charge in [0.05, 0.1) is 6.61 Å². The molecule has 0 radical (unpaired) electrons. The van der Waals surface area contributed by atoms with Gasteiger partial charge < -0.3 is 15.1 Å². The lowest BCUT2D eigenvalue weighted by atomic mass is 9.94. The minimum Gasteiger partial charge on any atom is -0.396 e. The smallest absolute Gasteiger partial charge is 0.0684 e. The third kappa shape index (κ3) is 3.03. The molecule has 1 aliphatic rings. The first-order valence-electron chi connectivity index (χ1n) is 6.80. The third-order valence-corrected chi connectivity index (χ3v) is 3.92. The fourth-order valence-electron chi connectivity index (χ4n) is 2.77. The summed E-state index contributed by atoms with van der Waals surface area (Å²) in [6, 6.07) is 6.27. The molecule has 1 heterocycles. The molecule has 0 amide bonds. The topological polar surface area (TPSA) is 43.7 Å². The lowest BCUT2D eigenvalue weighted by Gasteiger charge is -2.34. The predicted molar refractivity (Wildman–Crippen MR) is 73.7 cm³/mol. The fraction of sp³-hybridized carbons (Fsp3) is 0.600. The van der Waals surface area contributed by atoms with E-state index in [2.05, 4.69) is 17.0 Å². The molecule has 100 valence electrons. The first kappa shape index (κ1) is 13.4. The second-order valence-corrected chi connectivity index (χ2v) is 5.24. The minimum atomic E-state index is 0.110. The molecular weight excluding hydrogens is 226 g/mol. The summed E-state index contributed by atoms with van der Waals surface area (Å²) < 4.78 is 0. The van der Waals surface area contributed by atoms with E-state index in [0.29, 0.717) is 12.5 Å². The third-order valence-electron chi connectivity index (χ3n) is 3.92. The molecular formula is C15H23NO2. The summed E-state index contributed by atoms with van der Waals surface area (Å²) in [6.45, 7) is 4.59. The highest BCUT2D eigenvalue weighted by Gasteiger charge is 2.19. The zero-order valence-corrected chi connectivity index (χ0v) is 11.1. The van der Waals surface area contributed by atoms with E-state index in [9.17, 15) is 5.11 Å². The van der Waals surface area contributed by atoms with Crippen LogP contribution in [0.1, 0.15) is 30.4 Å². The molecule has 1 aromatic carbocycles. The average molecular weight is 249 g/mol. The number of piperidine rings is 1. The maximum absolute atomic E-state index is 9.19. The van der Waals surface area contributed by atoms with E-state index in [1.165, 1.54) is 18.5 Å². The van der Waals surface area contributed by atoms with Gasteiger partial charge in [-0.05, 0) is 55.4 Å². The predicted octanol–water partition coefficient (Wildman–Crippen LogP) is 2.09. The van der Waals surface area contributed by atoms with Crippen LogP contribution in [0, 0.1) is 12.8 Å². The molecule has 1 aromatic rings. The number of hydrogen-bond donors (Lipinski definition) is 2. The van der Waals surface area contributed by atoms with Gasteiger partial charge in [-0.3, -0.25) is 0 Å². The van der Waals surface area contributed by atoms with Crippen LogP contribution >= 0.6 is 0 Å². The number of aliphatic hydroxyl groups is 2. The Hall–Kier alpha value is -1.06. The van der Waals surface area contributed by atoms with Gasteiger partial charge in [0, 0.05) is 25.4 Å². The van der Waals surface area contributed by atoms with E-state index in [1.807, 2.05) is 13.0 Å².